The fraction of sp³-hybridized carbons (Fsp3) is 0.368. The van der Waals surface area contributed by atoms with Crippen LogP contribution < -0.4 is 16.0 Å². The van der Waals surface area contributed by atoms with Crippen molar-refractivity contribution >= 4 is 17.6 Å². The third-order valence-corrected chi connectivity index (χ3v) is 4.78. The standard InChI is InChI=1S/C19H23N5O2/c1-24(2)16-12-21-11-15(22-16)13-6-5-7-14(10-13)17(25)23-19(18(20)26)8-3-4-9-19/h5-7,10-12H,3-4,8-9H2,1-2H3,(H2,20,26)(H,23,25). The van der Waals surface area contributed by atoms with Gasteiger partial charge in [-0.15, -0.1) is 0 Å². The molecule has 1 aromatic heterocycles. The van der Waals surface area contributed by atoms with Crippen molar-refractivity contribution in [3.63, 3.8) is 0 Å². The smallest absolute Gasteiger partial charge is 0.252 e. The molecule has 7 nitrogen and oxygen atoms in total. The lowest BCUT2D eigenvalue weighted by molar-refractivity contribution is -0.123. The maximum Gasteiger partial charge on any atom is 0.252 e. The highest BCUT2D eigenvalue weighted by atomic mass is 16.2. The van der Waals surface area contributed by atoms with E-state index in [1.54, 1.807) is 30.6 Å². The second kappa shape index (κ2) is 7.11. The molecule has 1 heterocycles. The van der Waals surface area contributed by atoms with E-state index in [-0.39, 0.29) is 5.91 Å². The van der Waals surface area contributed by atoms with Gasteiger partial charge >= 0.3 is 0 Å². The van der Waals surface area contributed by atoms with Crippen LogP contribution in [-0.2, 0) is 4.79 Å². The number of aromatic nitrogens is 2. The summed E-state index contributed by atoms with van der Waals surface area (Å²) in [6.07, 6.45) is 6.28. The molecule has 0 unspecified atom stereocenters. The van der Waals surface area contributed by atoms with E-state index in [2.05, 4.69) is 15.3 Å². The number of rotatable bonds is 5. The van der Waals surface area contributed by atoms with Crippen LogP contribution in [0.4, 0.5) is 5.82 Å². The molecule has 3 rings (SSSR count). The Kier molecular flexibility index (Phi) is 4.88. The van der Waals surface area contributed by atoms with E-state index in [9.17, 15) is 9.59 Å². The highest BCUT2D eigenvalue weighted by Crippen LogP contribution is 2.30. The first-order chi connectivity index (χ1) is 12.4. The molecule has 0 saturated heterocycles. The van der Waals surface area contributed by atoms with Gasteiger partial charge in [-0.05, 0) is 25.0 Å². The Morgan fingerprint density at radius 3 is 2.58 bits per heavy atom. The SMILES string of the molecule is CN(C)c1cncc(-c2cccc(C(=O)NC3(C(N)=O)CCCC3)c2)n1. The molecular weight excluding hydrogens is 330 g/mol. The molecule has 1 saturated carbocycles. The molecule has 0 spiro atoms. The van der Waals surface area contributed by atoms with E-state index >= 15 is 0 Å². The molecule has 0 aliphatic heterocycles. The van der Waals surface area contributed by atoms with Crippen molar-refractivity contribution in [1.82, 2.24) is 15.3 Å². The zero-order chi connectivity index (χ0) is 18.7. The summed E-state index contributed by atoms with van der Waals surface area (Å²) < 4.78 is 0. The van der Waals surface area contributed by atoms with Crippen molar-refractivity contribution in [2.45, 2.75) is 31.2 Å². The zero-order valence-electron chi connectivity index (χ0n) is 15.0. The van der Waals surface area contributed by atoms with Crippen LogP contribution in [-0.4, -0.2) is 41.4 Å². The number of benzene rings is 1. The van der Waals surface area contributed by atoms with Gasteiger partial charge in [0.25, 0.3) is 5.91 Å². The van der Waals surface area contributed by atoms with Gasteiger partial charge in [0.05, 0.1) is 18.1 Å². The lowest BCUT2D eigenvalue weighted by Crippen LogP contribution is -2.55. The first kappa shape index (κ1) is 17.8. The molecule has 1 aliphatic carbocycles. The maximum absolute atomic E-state index is 12.7. The summed E-state index contributed by atoms with van der Waals surface area (Å²) in [7, 11) is 3.78. The molecule has 0 atom stereocenters. The van der Waals surface area contributed by atoms with E-state index in [1.807, 2.05) is 25.1 Å². The number of anilines is 1. The van der Waals surface area contributed by atoms with E-state index in [0.29, 0.717) is 24.1 Å². The normalized spacial score (nSPS) is 15.5. The van der Waals surface area contributed by atoms with Crippen LogP contribution in [0.1, 0.15) is 36.0 Å². The quantitative estimate of drug-likeness (QED) is 0.852. The van der Waals surface area contributed by atoms with Crippen molar-refractivity contribution < 1.29 is 9.59 Å². The first-order valence-electron chi connectivity index (χ1n) is 8.63. The van der Waals surface area contributed by atoms with Crippen LogP contribution in [0, 0.1) is 0 Å². The summed E-state index contributed by atoms with van der Waals surface area (Å²) in [5.41, 5.74) is 6.54. The average molecular weight is 353 g/mol. The van der Waals surface area contributed by atoms with Gasteiger partial charge in [0.15, 0.2) is 0 Å². The zero-order valence-corrected chi connectivity index (χ0v) is 15.0. The van der Waals surface area contributed by atoms with Gasteiger partial charge in [-0.1, -0.05) is 25.0 Å². The number of nitrogens with two attached hydrogens (primary N) is 1. The minimum atomic E-state index is -0.933. The summed E-state index contributed by atoms with van der Waals surface area (Å²) in [6, 6.07) is 7.13. The molecule has 3 N–H and O–H groups in total. The van der Waals surface area contributed by atoms with Gasteiger partial charge in [-0.25, -0.2) is 4.98 Å². The number of primary amides is 1. The Hall–Kier alpha value is -2.96. The topological polar surface area (TPSA) is 101 Å². The largest absolute Gasteiger partial charge is 0.368 e. The van der Waals surface area contributed by atoms with Gasteiger partial charge in [-0.2, -0.15) is 0 Å². The lowest BCUT2D eigenvalue weighted by atomic mass is 9.96. The number of nitrogens with zero attached hydrogens (tertiary/aromatic N) is 3. The van der Waals surface area contributed by atoms with E-state index in [1.165, 1.54) is 0 Å². The van der Waals surface area contributed by atoms with Crippen molar-refractivity contribution in [2.75, 3.05) is 19.0 Å². The van der Waals surface area contributed by atoms with E-state index in [0.717, 1.165) is 24.2 Å². The monoisotopic (exact) mass is 353 g/mol. The maximum atomic E-state index is 12.7. The second-order valence-electron chi connectivity index (χ2n) is 6.85. The van der Waals surface area contributed by atoms with E-state index < -0.39 is 11.4 Å². The number of carbonyl (C=O) groups excluding carboxylic acids is 2. The summed E-state index contributed by atoms with van der Waals surface area (Å²) in [5, 5.41) is 2.86. The molecule has 2 aromatic rings. The Morgan fingerprint density at radius 2 is 1.92 bits per heavy atom. The summed E-state index contributed by atoms with van der Waals surface area (Å²) >= 11 is 0. The highest BCUT2D eigenvalue weighted by Gasteiger charge is 2.41. The van der Waals surface area contributed by atoms with Crippen molar-refractivity contribution in [3.05, 3.63) is 42.2 Å². The number of amides is 2. The molecule has 26 heavy (non-hydrogen) atoms. The molecule has 0 bridgehead atoms. The summed E-state index contributed by atoms with van der Waals surface area (Å²) in [5.74, 6) is -0.0377. The second-order valence-corrected chi connectivity index (χ2v) is 6.85. The van der Waals surface area contributed by atoms with Gasteiger partial charge in [0.1, 0.15) is 11.4 Å². The van der Waals surface area contributed by atoms with Crippen molar-refractivity contribution in [2.24, 2.45) is 5.73 Å². The molecule has 136 valence electrons. The Morgan fingerprint density at radius 1 is 1.19 bits per heavy atom. The van der Waals surface area contributed by atoms with Crippen molar-refractivity contribution in [1.29, 1.82) is 0 Å². The Bertz CT molecular complexity index is 828. The van der Waals surface area contributed by atoms with Gasteiger partial charge < -0.3 is 16.0 Å². The minimum absolute atomic E-state index is 0.302. The molecule has 2 amide bonds. The van der Waals surface area contributed by atoms with Crippen LogP contribution in [0.15, 0.2) is 36.7 Å². The Balaban J connectivity index is 1.86. The van der Waals surface area contributed by atoms with Gasteiger partial charge in [0.2, 0.25) is 5.91 Å². The average Bonchev–Trinajstić information content (AvgIpc) is 3.12. The van der Waals surface area contributed by atoms with Crippen LogP contribution in [0.3, 0.4) is 0 Å². The molecule has 7 heteroatoms. The summed E-state index contributed by atoms with van der Waals surface area (Å²) in [4.78, 5) is 35.2. The highest BCUT2D eigenvalue weighted by molar-refractivity contribution is 5.99. The van der Waals surface area contributed by atoms with Gasteiger partial charge in [-0.3, -0.25) is 14.6 Å². The first-order valence-corrected chi connectivity index (χ1v) is 8.63. The van der Waals surface area contributed by atoms with Crippen LogP contribution in [0.5, 0.6) is 0 Å². The third kappa shape index (κ3) is 3.51. The fourth-order valence-corrected chi connectivity index (χ4v) is 3.23. The number of hydrogen-bond acceptors (Lipinski definition) is 5. The number of carbonyl (C=O) groups is 2. The third-order valence-electron chi connectivity index (χ3n) is 4.78. The molecule has 1 fully saturated rings. The molecule has 1 aliphatic rings. The van der Waals surface area contributed by atoms with Crippen LogP contribution in [0.2, 0.25) is 0 Å². The van der Waals surface area contributed by atoms with Crippen molar-refractivity contribution in [3.8, 4) is 11.3 Å². The molecular formula is C19H23N5O2. The van der Waals surface area contributed by atoms with Crippen LogP contribution in [0.25, 0.3) is 11.3 Å². The predicted octanol–water partition coefficient (Wildman–Crippen LogP) is 1.74. The number of nitrogens with one attached hydrogen (secondary N) is 1. The Labute approximate surface area is 152 Å². The minimum Gasteiger partial charge on any atom is -0.368 e. The van der Waals surface area contributed by atoms with E-state index in [4.69, 9.17) is 5.73 Å². The van der Waals surface area contributed by atoms with Crippen LogP contribution >= 0.6 is 0 Å². The lowest BCUT2D eigenvalue weighted by Gasteiger charge is -2.26. The molecule has 1 aromatic carbocycles. The molecule has 0 radical (unpaired) electrons. The number of hydrogen-bond donors (Lipinski definition) is 2. The fourth-order valence-electron chi connectivity index (χ4n) is 3.23. The predicted molar refractivity (Wildman–Crippen MR) is 99.7 cm³/mol. The van der Waals surface area contributed by atoms with Gasteiger partial charge in [0, 0.05) is 25.2 Å². The summed E-state index contributed by atoms with van der Waals surface area (Å²) in [6.45, 7) is 0.